The predicted molar refractivity (Wildman–Crippen MR) is 120 cm³/mol. The summed E-state index contributed by atoms with van der Waals surface area (Å²) in [5.74, 6) is 0.260. The number of ether oxygens (including phenoxy) is 1. The van der Waals surface area contributed by atoms with Crippen molar-refractivity contribution in [2.45, 2.75) is 25.0 Å². The van der Waals surface area contributed by atoms with Gasteiger partial charge < -0.3 is 19.4 Å². The number of para-hydroxylation sites is 1. The summed E-state index contributed by atoms with van der Waals surface area (Å²) in [6.07, 6.45) is 1.86. The highest BCUT2D eigenvalue weighted by atomic mass is 16.5. The number of nitrogens with zero attached hydrogens (tertiary/aromatic N) is 2. The zero-order valence-corrected chi connectivity index (χ0v) is 18.4. The molecule has 2 atom stereocenters. The van der Waals surface area contributed by atoms with Crippen molar-refractivity contribution < 1.29 is 18.8 Å². The van der Waals surface area contributed by atoms with E-state index in [4.69, 9.17) is 4.74 Å². The lowest BCUT2D eigenvalue weighted by atomic mass is 9.83. The topological polar surface area (TPSA) is 58.6 Å². The Balaban J connectivity index is 1.50. The maximum atomic E-state index is 13.4. The second-order valence-corrected chi connectivity index (χ2v) is 9.08. The molecule has 1 amide bonds. The number of nitrogens with one attached hydrogen (secondary N) is 1. The van der Waals surface area contributed by atoms with E-state index < -0.39 is 6.04 Å². The van der Waals surface area contributed by atoms with Gasteiger partial charge in [0, 0.05) is 38.5 Å². The van der Waals surface area contributed by atoms with Crippen LogP contribution in [0.1, 0.15) is 24.4 Å². The molecule has 2 aromatic carbocycles. The summed E-state index contributed by atoms with van der Waals surface area (Å²) >= 11 is 0. The third-order valence-corrected chi connectivity index (χ3v) is 6.73. The van der Waals surface area contributed by atoms with Gasteiger partial charge in [-0.05, 0) is 17.7 Å². The van der Waals surface area contributed by atoms with Crippen molar-refractivity contribution in [1.82, 2.24) is 4.90 Å². The minimum absolute atomic E-state index is 0.137. The maximum Gasteiger partial charge on any atom is 0.333 e. The van der Waals surface area contributed by atoms with Crippen molar-refractivity contribution in [1.29, 1.82) is 0 Å². The van der Waals surface area contributed by atoms with Gasteiger partial charge in [0.25, 0.3) is 5.91 Å². The number of carbonyl (C=O) groups is 2. The number of hydrogen-bond donors (Lipinski definition) is 1. The van der Waals surface area contributed by atoms with Gasteiger partial charge in [0.2, 0.25) is 0 Å². The molecule has 3 saturated heterocycles. The van der Waals surface area contributed by atoms with Gasteiger partial charge in [0.15, 0.2) is 18.7 Å². The van der Waals surface area contributed by atoms with Crippen molar-refractivity contribution >= 4 is 17.6 Å². The minimum atomic E-state index is -0.573. The number of benzene rings is 2. The Morgan fingerprint density at radius 1 is 1.03 bits per heavy atom. The molecule has 2 unspecified atom stereocenters. The standard InChI is InChI=1S/C25H32N3O3/c1-27(2)23(29)18-28-15-13-19(14-16-28)22(17-28)31-25(30)24(20-9-5-3-6-10-20)26-21-11-7-4-8-12-21/h3-12,19,22,24,26H,13-18H2,1-2H3/q+1. The van der Waals surface area contributed by atoms with E-state index in [2.05, 4.69) is 5.32 Å². The normalized spacial score (nSPS) is 25.5. The molecule has 0 spiro atoms. The first-order chi connectivity index (χ1) is 15.0. The number of quaternary nitrogens is 1. The number of carbonyl (C=O) groups excluding carboxylic acids is 2. The summed E-state index contributed by atoms with van der Waals surface area (Å²) < 4.78 is 6.87. The summed E-state index contributed by atoms with van der Waals surface area (Å²) in [5, 5.41) is 3.34. The van der Waals surface area contributed by atoms with Gasteiger partial charge >= 0.3 is 5.97 Å². The Hall–Kier alpha value is -2.86. The third-order valence-electron chi connectivity index (χ3n) is 6.73. The van der Waals surface area contributed by atoms with E-state index in [-0.39, 0.29) is 18.0 Å². The zero-order chi connectivity index (χ0) is 21.8. The van der Waals surface area contributed by atoms with E-state index in [0.717, 1.165) is 48.2 Å². The van der Waals surface area contributed by atoms with Crippen LogP contribution in [0.4, 0.5) is 5.69 Å². The van der Waals surface area contributed by atoms with Crippen LogP contribution in [0, 0.1) is 5.92 Å². The number of fused-ring (bicyclic) bond motifs is 3. The Kier molecular flexibility index (Phi) is 6.28. The molecule has 5 rings (SSSR count). The second kappa shape index (κ2) is 9.10. The monoisotopic (exact) mass is 422 g/mol. The molecule has 0 radical (unpaired) electrons. The van der Waals surface area contributed by atoms with Gasteiger partial charge in [-0.2, -0.15) is 0 Å². The Morgan fingerprint density at radius 2 is 1.65 bits per heavy atom. The van der Waals surface area contributed by atoms with Crippen molar-refractivity contribution in [3.05, 3.63) is 66.2 Å². The molecule has 1 N–H and O–H groups in total. The highest BCUT2D eigenvalue weighted by Crippen LogP contribution is 2.36. The average Bonchev–Trinajstić information content (AvgIpc) is 2.79. The smallest absolute Gasteiger partial charge is 0.333 e. The van der Waals surface area contributed by atoms with E-state index >= 15 is 0 Å². The van der Waals surface area contributed by atoms with Crippen LogP contribution in [0.2, 0.25) is 0 Å². The lowest BCUT2D eigenvalue weighted by Gasteiger charge is -2.51. The molecule has 2 bridgehead atoms. The number of likely N-dealkylation sites (N-methyl/N-ethyl adjacent to an activating group) is 1. The van der Waals surface area contributed by atoms with E-state index in [1.165, 1.54) is 0 Å². The summed E-state index contributed by atoms with van der Waals surface area (Å²) in [5.41, 5.74) is 1.76. The Morgan fingerprint density at radius 3 is 2.26 bits per heavy atom. The Bertz CT molecular complexity index is 893. The van der Waals surface area contributed by atoms with E-state index in [1.807, 2.05) is 60.7 Å². The highest BCUT2D eigenvalue weighted by Gasteiger charge is 2.49. The highest BCUT2D eigenvalue weighted by molar-refractivity contribution is 5.81. The summed E-state index contributed by atoms with van der Waals surface area (Å²) in [7, 11) is 3.60. The van der Waals surface area contributed by atoms with Crippen LogP contribution in [0.15, 0.2) is 60.7 Å². The maximum absolute atomic E-state index is 13.4. The lowest BCUT2D eigenvalue weighted by Crippen LogP contribution is -2.66. The zero-order valence-electron chi connectivity index (χ0n) is 18.4. The Labute approximate surface area is 184 Å². The molecule has 3 fully saturated rings. The van der Waals surface area contributed by atoms with Crippen molar-refractivity contribution in [2.75, 3.05) is 45.6 Å². The molecule has 31 heavy (non-hydrogen) atoms. The number of piperidine rings is 3. The largest absolute Gasteiger partial charge is 0.454 e. The van der Waals surface area contributed by atoms with Gasteiger partial charge in [-0.3, -0.25) is 4.79 Å². The SMILES string of the molecule is CN(C)C(=O)C[N+]12CCC(CC1)C(OC(=O)C(Nc1ccccc1)c1ccccc1)C2. The number of anilines is 1. The molecule has 6 heteroatoms. The van der Waals surface area contributed by atoms with Crippen LogP contribution < -0.4 is 5.32 Å². The fourth-order valence-corrected chi connectivity index (χ4v) is 4.85. The van der Waals surface area contributed by atoms with Crippen LogP contribution in [-0.4, -0.2) is 67.6 Å². The van der Waals surface area contributed by atoms with Crippen LogP contribution >= 0.6 is 0 Å². The quantitative estimate of drug-likeness (QED) is 0.550. The third kappa shape index (κ3) is 4.90. The molecule has 164 valence electrons. The van der Waals surface area contributed by atoms with Crippen LogP contribution in [0.3, 0.4) is 0 Å². The average molecular weight is 423 g/mol. The summed E-state index contributed by atoms with van der Waals surface area (Å²) in [4.78, 5) is 27.4. The molecule has 6 nitrogen and oxygen atoms in total. The molecule has 3 heterocycles. The summed E-state index contributed by atoms with van der Waals surface area (Å²) in [6.45, 7) is 3.19. The predicted octanol–water partition coefficient (Wildman–Crippen LogP) is 3.08. The minimum Gasteiger partial charge on any atom is -0.454 e. The first-order valence-corrected chi connectivity index (χ1v) is 11.1. The van der Waals surface area contributed by atoms with Gasteiger partial charge in [-0.25, -0.2) is 4.79 Å². The van der Waals surface area contributed by atoms with Crippen LogP contribution in [-0.2, 0) is 14.3 Å². The van der Waals surface area contributed by atoms with Crippen molar-refractivity contribution in [2.24, 2.45) is 5.92 Å². The molecular formula is C25H32N3O3+. The number of hydrogen-bond acceptors (Lipinski definition) is 4. The molecular weight excluding hydrogens is 390 g/mol. The first-order valence-electron chi connectivity index (χ1n) is 11.1. The first kappa shape index (κ1) is 21.4. The van der Waals surface area contributed by atoms with Crippen LogP contribution in [0.5, 0.6) is 0 Å². The van der Waals surface area contributed by atoms with Crippen molar-refractivity contribution in [3.8, 4) is 0 Å². The molecule has 3 aliphatic rings. The molecule has 2 aromatic rings. The van der Waals surface area contributed by atoms with Gasteiger partial charge in [0.1, 0.15) is 6.54 Å². The molecule has 3 aliphatic heterocycles. The van der Waals surface area contributed by atoms with E-state index in [9.17, 15) is 9.59 Å². The molecule has 0 aliphatic carbocycles. The van der Waals surface area contributed by atoms with E-state index in [0.29, 0.717) is 12.5 Å². The van der Waals surface area contributed by atoms with Gasteiger partial charge in [0.05, 0.1) is 13.1 Å². The second-order valence-electron chi connectivity index (χ2n) is 9.08. The number of rotatable bonds is 7. The number of esters is 1. The molecule has 0 aromatic heterocycles. The van der Waals surface area contributed by atoms with Crippen LogP contribution in [0.25, 0.3) is 0 Å². The lowest BCUT2D eigenvalue weighted by molar-refractivity contribution is -0.939. The van der Waals surface area contributed by atoms with Crippen molar-refractivity contribution in [3.63, 3.8) is 0 Å². The summed E-state index contributed by atoms with van der Waals surface area (Å²) in [6, 6.07) is 18.9. The fourth-order valence-electron chi connectivity index (χ4n) is 4.85. The van der Waals surface area contributed by atoms with Gasteiger partial charge in [-0.1, -0.05) is 48.5 Å². The number of amides is 1. The van der Waals surface area contributed by atoms with E-state index in [1.54, 1.807) is 19.0 Å². The van der Waals surface area contributed by atoms with Gasteiger partial charge in [-0.15, -0.1) is 0 Å². The fraction of sp³-hybridized carbons (Fsp3) is 0.440. The molecule has 0 saturated carbocycles.